The van der Waals surface area contributed by atoms with Crippen LogP contribution in [-0.4, -0.2) is 25.3 Å². The fourth-order valence-corrected chi connectivity index (χ4v) is 3.51. The molecule has 0 amide bonds. The van der Waals surface area contributed by atoms with E-state index in [1.54, 1.807) is 0 Å². The van der Waals surface area contributed by atoms with Crippen molar-refractivity contribution in [1.82, 2.24) is 5.32 Å². The molecule has 2 heteroatoms. The van der Waals surface area contributed by atoms with Gasteiger partial charge in [0.15, 0.2) is 0 Å². The molecule has 18 heavy (non-hydrogen) atoms. The lowest BCUT2D eigenvalue weighted by molar-refractivity contribution is 0.0272. The van der Waals surface area contributed by atoms with Crippen LogP contribution in [-0.2, 0) is 10.2 Å². The number of nitrogens with one attached hydrogen (secondary N) is 1. The van der Waals surface area contributed by atoms with Crippen LogP contribution in [0.5, 0.6) is 0 Å². The maximum atomic E-state index is 6.03. The Morgan fingerprint density at radius 3 is 2.61 bits per heavy atom. The Hall–Kier alpha value is -0.860. The van der Waals surface area contributed by atoms with Crippen molar-refractivity contribution in [3.63, 3.8) is 0 Å². The van der Waals surface area contributed by atoms with Gasteiger partial charge >= 0.3 is 0 Å². The summed E-state index contributed by atoms with van der Waals surface area (Å²) in [7, 11) is 0. The Morgan fingerprint density at radius 1 is 1.28 bits per heavy atom. The normalized spacial score (nSPS) is 30.1. The third-order valence-corrected chi connectivity index (χ3v) is 4.58. The molecule has 3 rings (SSSR count). The van der Waals surface area contributed by atoms with E-state index in [4.69, 9.17) is 4.74 Å². The van der Waals surface area contributed by atoms with Gasteiger partial charge in [0.2, 0.25) is 0 Å². The first kappa shape index (κ1) is 12.2. The highest BCUT2D eigenvalue weighted by atomic mass is 16.5. The second-order valence-corrected chi connectivity index (χ2v) is 6.05. The van der Waals surface area contributed by atoms with Crippen molar-refractivity contribution in [3.8, 4) is 0 Å². The van der Waals surface area contributed by atoms with Crippen LogP contribution < -0.4 is 5.32 Å². The van der Waals surface area contributed by atoms with E-state index in [-0.39, 0.29) is 0 Å². The molecular weight excluding hydrogens is 222 g/mol. The van der Waals surface area contributed by atoms with E-state index in [0.29, 0.717) is 17.6 Å². The molecule has 98 valence electrons. The molecule has 0 aromatic heterocycles. The van der Waals surface area contributed by atoms with Crippen molar-refractivity contribution < 1.29 is 4.74 Å². The smallest absolute Gasteiger partial charge is 0.0589 e. The van der Waals surface area contributed by atoms with Gasteiger partial charge in [-0.2, -0.15) is 0 Å². The third-order valence-electron chi connectivity index (χ3n) is 4.58. The Labute approximate surface area is 110 Å². The first-order valence-corrected chi connectivity index (χ1v) is 7.12. The summed E-state index contributed by atoms with van der Waals surface area (Å²) < 4.78 is 6.03. The van der Waals surface area contributed by atoms with Gasteiger partial charge in [-0.3, -0.25) is 0 Å². The molecular formula is C16H23NO. The van der Waals surface area contributed by atoms with Gasteiger partial charge in [-0.25, -0.2) is 0 Å². The van der Waals surface area contributed by atoms with Crippen LogP contribution >= 0.6 is 0 Å². The van der Waals surface area contributed by atoms with Gasteiger partial charge in [0.1, 0.15) is 0 Å². The molecule has 0 radical (unpaired) electrons. The average molecular weight is 245 g/mol. The fourth-order valence-electron chi connectivity index (χ4n) is 3.51. The van der Waals surface area contributed by atoms with E-state index < -0.39 is 0 Å². The summed E-state index contributed by atoms with van der Waals surface area (Å²) in [6, 6.07) is 8.83. The monoisotopic (exact) mass is 245 g/mol. The van der Waals surface area contributed by atoms with Gasteiger partial charge in [-0.15, -0.1) is 0 Å². The second kappa shape index (κ2) is 4.67. The molecule has 2 fully saturated rings. The van der Waals surface area contributed by atoms with E-state index in [2.05, 4.69) is 43.4 Å². The van der Waals surface area contributed by atoms with E-state index in [9.17, 15) is 0 Å². The predicted octanol–water partition coefficient (Wildman–Crippen LogP) is 2.79. The summed E-state index contributed by atoms with van der Waals surface area (Å²) in [5, 5.41) is 3.46. The molecule has 0 bridgehead atoms. The van der Waals surface area contributed by atoms with Crippen LogP contribution in [0.25, 0.3) is 0 Å². The molecule has 2 saturated heterocycles. The maximum absolute atomic E-state index is 6.03. The number of hydrogen-bond donors (Lipinski definition) is 1. The minimum atomic E-state index is 0.320. The predicted molar refractivity (Wildman–Crippen MR) is 73.9 cm³/mol. The molecule has 2 aliphatic rings. The molecule has 2 unspecified atom stereocenters. The van der Waals surface area contributed by atoms with E-state index in [0.717, 1.165) is 13.1 Å². The Kier molecular flexibility index (Phi) is 3.16. The van der Waals surface area contributed by atoms with E-state index in [1.807, 2.05) is 0 Å². The Balaban J connectivity index is 1.80. The second-order valence-electron chi connectivity index (χ2n) is 6.05. The first-order valence-electron chi connectivity index (χ1n) is 7.12. The Morgan fingerprint density at radius 2 is 2.06 bits per heavy atom. The van der Waals surface area contributed by atoms with Gasteiger partial charge in [0, 0.05) is 18.5 Å². The molecule has 2 nitrogen and oxygen atoms in total. The zero-order valence-corrected chi connectivity index (χ0v) is 11.4. The van der Waals surface area contributed by atoms with Crippen molar-refractivity contribution in [2.75, 3.05) is 13.1 Å². The summed E-state index contributed by atoms with van der Waals surface area (Å²) in [6.07, 6.45) is 4.55. The quantitative estimate of drug-likeness (QED) is 0.884. The third kappa shape index (κ3) is 2.08. The summed E-state index contributed by atoms with van der Waals surface area (Å²) in [5.41, 5.74) is 3.26. The minimum absolute atomic E-state index is 0.320. The first-order chi connectivity index (χ1) is 8.70. The van der Waals surface area contributed by atoms with Gasteiger partial charge < -0.3 is 10.1 Å². The largest absolute Gasteiger partial charge is 0.375 e. The summed E-state index contributed by atoms with van der Waals surface area (Å²) in [6.45, 7) is 6.63. The Bertz CT molecular complexity index is 425. The van der Waals surface area contributed by atoms with E-state index in [1.165, 1.54) is 30.4 Å². The highest BCUT2D eigenvalue weighted by molar-refractivity contribution is 5.36. The van der Waals surface area contributed by atoms with Crippen molar-refractivity contribution in [2.24, 2.45) is 0 Å². The molecule has 0 spiro atoms. The molecule has 1 N–H and O–H groups in total. The lowest BCUT2D eigenvalue weighted by Crippen LogP contribution is -2.58. The fraction of sp³-hybridized carbons (Fsp3) is 0.625. The van der Waals surface area contributed by atoms with Crippen LogP contribution in [0.1, 0.15) is 37.3 Å². The molecule has 1 aromatic carbocycles. The average Bonchev–Trinajstić information content (AvgIpc) is 2.71. The number of rotatable bonds is 3. The minimum Gasteiger partial charge on any atom is -0.375 e. The summed E-state index contributed by atoms with van der Waals surface area (Å²) in [5.74, 6) is 0. The van der Waals surface area contributed by atoms with Crippen LogP contribution in [0.4, 0.5) is 0 Å². The highest BCUT2D eigenvalue weighted by Gasteiger charge is 2.42. The number of aryl methyl sites for hydroxylation is 1. The van der Waals surface area contributed by atoms with Crippen LogP contribution in [0.15, 0.2) is 24.3 Å². The maximum Gasteiger partial charge on any atom is 0.0589 e. The number of ether oxygens (including phenoxy) is 1. The lowest BCUT2D eigenvalue weighted by Gasteiger charge is -2.45. The van der Waals surface area contributed by atoms with Gasteiger partial charge in [-0.1, -0.05) is 24.3 Å². The van der Waals surface area contributed by atoms with Crippen LogP contribution in [0, 0.1) is 6.92 Å². The zero-order chi connectivity index (χ0) is 12.6. The molecule has 0 aliphatic carbocycles. The topological polar surface area (TPSA) is 21.3 Å². The van der Waals surface area contributed by atoms with E-state index >= 15 is 0 Å². The number of hydrogen-bond acceptors (Lipinski definition) is 2. The molecule has 1 aromatic rings. The van der Waals surface area contributed by atoms with Crippen molar-refractivity contribution in [3.05, 3.63) is 35.4 Å². The molecule has 2 atom stereocenters. The number of benzene rings is 1. The lowest BCUT2D eigenvalue weighted by atomic mass is 9.69. The summed E-state index contributed by atoms with van der Waals surface area (Å²) in [4.78, 5) is 0. The molecule has 0 saturated carbocycles. The SMILES string of the molecule is Cc1ccccc1C1(CC2CCC(C)O2)CNC1. The van der Waals surface area contributed by atoms with Gasteiger partial charge in [0.25, 0.3) is 0 Å². The van der Waals surface area contributed by atoms with Gasteiger partial charge in [-0.05, 0) is 44.2 Å². The standard InChI is InChI=1S/C16H23NO/c1-12-5-3-4-6-15(12)16(10-17-11-16)9-14-8-7-13(2)18-14/h3-6,13-14,17H,7-11H2,1-2H3. The van der Waals surface area contributed by atoms with Crippen molar-refractivity contribution >= 4 is 0 Å². The van der Waals surface area contributed by atoms with Gasteiger partial charge in [0.05, 0.1) is 12.2 Å². The summed E-state index contributed by atoms with van der Waals surface area (Å²) >= 11 is 0. The van der Waals surface area contributed by atoms with Crippen molar-refractivity contribution in [1.29, 1.82) is 0 Å². The zero-order valence-electron chi connectivity index (χ0n) is 11.4. The molecule has 2 aliphatic heterocycles. The van der Waals surface area contributed by atoms with Crippen LogP contribution in [0.2, 0.25) is 0 Å². The highest BCUT2D eigenvalue weighted by Crippen LogP contribution is 2.38. The van der Waals surface area contributed by atoms with Crippen molar-refractivity contribution in [2.45, 2.75) is 50.7 Å². The van der Waals surface area contributed by atoms with Crippen LogP contribution in [0.3, 0.4) is 0 Å². The molecule has 2 heterocycles.